The summed E-state index contributed by atoms with van der Waals surface area (Å²) in [6.07, 6.45) is 0. The van der Waals surface area contributed by atoms with Gasteiger partial charge in [0.15, 0.2) is 18.1 Å². The molecule has 1 aliphatic heterocycles. The Morgan fingerprint density at radius 1 is 1.00 bits per heavy atom. The van der Waals surface area contributed by atoms with Crippen molar-refractivity contribution in [2.24, 2.45) is 5.73 Å². The summed E-state index contributed by atoms with van der Waals surface area (Å²) in [6, 6.07) is 8.52. The molecule has 2 aromatic rings. The summed E-state index contributed by atoms with van der Waals surface area (Å²) >= 11 is 0. The molecule has 0 saturated carbocycles. The average molecular weight is 491 g/mol. The number of nitrogens with zero attached hydrogens (tertiary/aromatic N) is 1. The number of fused-ring (bicyclic) bond motifs is 1. The van der Waals surface area contributed by atoms with Gasteiger partial charge >= 0.3 is 0 Å². The van der Waals surface area contributed by atoms with Gasteiger partial charge < -0.3 is 19.9 Å². The second-order valence-corrected chi connectivity index (χ2v) is 8.86. The van der Waals surface area contributed by atoms with Crippen molar-refractivity contribution in [1.82, 2.24) is 9.62 Å². The number of imide groups is 1. The van der Waals surface area contributed by atoms with Crippen LogP contribution in [-0.4, -0.2) is 70.1 Å². The minimum atomic E-state index is -4.24. The Labute approximate surface area is 194 Å². The molecule has 2 aromatic carbocycles. The zero-order valence-electron chi connectivity index (χ0n) is 18.2. The van der Waals surface area contributed by atoms with Crippen molar-refractivity contribution in [2.45, 2.75) is 0 Å². The maximum atomic E-state index is 12.6. The molecule has 3 N–H and O–H groups in total. The van der Waals surface area contributed by atoms with Crippen molar-refractivity contribution >= 4 is 33.7 Å². The van der Waals surface area contributed by atoms with Gasteiger partial charge in [0.1, 0.15) is 0 Å². The molecule has 0 saturated heterocycles. The van der Waals surface area contributed by atoms with E-state index >= 15 is 0 Å². The standard InChI is InChI=1S/C21H21N3O9S/c1-31-15-9-12(10-16(32-2)18(15)33-11-17(22)25)19(26)23-34(29,30)8-7-24-20(27)13-5-3-4-6-14(13)21(24)28/h3-6,9-10H,7-8,11H2,1-2H3,(H2,22,25)(H,23,26). The number of hydrogen-bond donors (Lipinski definition) is 2. The van der Waals surface area contributed by atoms with Crippen LogP contribution >= 0.6 is 0 Å². The van der Waals surface area contributed by atoms with E-state index in [-0.39, 0.29) is 33.9 Å². The molecule has 12 nitrogen and oxygen atoms in total. The van der Waals surface area contributed by atoms with Crippen molar-refractivity contribution in [3.8, 4) is 17.2 Å². The molecule has 0 aliphatic carbocycles. The molecule has 0 aromatic heterocycles. The number of nitrogens with two attached hydrogens (primary N) is 1. The van der Waals surface area contributed by atoms with Crippen LogP contribution in [0.2, 0.25) is 0 Å². The Hall–Kier alpha value is -4.13. The molecule has 0 fully saturated rings. The number of amides is 4. The smallest absolute Gasteiger partial charge is 0.265 e. The van der Waals surface area contributed by atoms with Gasteiger partial charge in [0, 0.05) is 12.1 Å². The van der Waals surface area contributed by atoms with Gasteiger partial charge in [0.2, 0.25) is 15.8 Å². The fraction of sp³-hybridized carbons (Fsp3) is 0.238. The molecule has 3 rings (SSSR count). The Bertz CT molecular complexity index is 1210. The quantitative estimate of drug-likeness (QED) is 0.431. The second kappa shape index (κ2) is 9.79. The summed E-state index contributed by atoms with van der Waals surface area (Å²) in [5, 5.41) is 0. The average Bonchev–Trinajstić information content (AvgIpc) is 3.05. The van der Waals surface area contributed by atoms with Crippen LogP contribution in [0.5, 0.6) is 17.2 Å². The predicted octanol–water partition coefficient (Wildman–Crippen LogP) is -0.0763. The summed E-state index contributed by atoms with van der Waals surface area (Å²) in [6.45, 7) is -0.925. The first-order chi connectivity index (χ1) is 16.1. The molecule has 0 atom stereocenters. The van der Waals surface area contributed by atoms with E-state index in [9.17, 15) is 27.6 Å². The first kappa shape index (κ1) is 24.5. The van der Waals surface area contributed by atoms with Crippen LogP contribution in [-0.2, 0) is 14.8 Å². The van der Waals surface area contributed by atoms with E-state index in [4.69, 9.17) is 19.9 Å². The van der Waals surface area contributed by atoms with E-state index in [1.807, 2.05) is 4.72 Å². The number of benzene rings is 2. The van der Waals surface area contributed by atoms with Crippen molar-refractivity contribution < 1.29 is 41.8 Å². The van der Waals surface area contributed by atoms with Gasteiger partial charge in [-0.2, -0.15) is 0 Å². The lowest BCUT2D eigenvalue weighted by molar-refractivity contribution is -0.120. The van der Waals surface area contributed by atoms with Crippen molar-refractivity contribution in [3.05, 3.63) is 53.1 Å². The molecule has 4 amide bonds. The van der Waals surface area contributed by atoms with Crippen molar-refractivity contribution in [3.63, 3.8) is 0 Å². The number of hydrogen-bond acceptors (Lipinski definition) is 9. The van der Waals surface area contributed by atoms with E-state index in [0.717, 1.165) is 4.90 Å². The number of methoxy groups -OCH3 is 2. The number of carbonyl (C=O) groups is 4. The number of ether oxygens (including phenoxy) is 3. The fourth-order valence-corrected chi connectivity index (χ4v) is 4.13. The Balaban J connectivity index is 1.73. The van der Waals surface area contributed by atoms with E-state index in [2.05, 4.69) is 0 Å². The number of carbonyl (C=O) groups excluding carboxylic acids is 4. The molecule has 0 spiro atoms. The van der Waals surface area contributed by atoms with Crippen LogP contribution in [0, 0.1) is 0 Å². The van der Waals surface area contributed by atoms with Crippen LogP contribution in [0.3, 0.4) is 0 Å². The summed E-state index contributed by atoms with van der Waals surface area (Å²) in [5.41, 5.74) is 5.29. The van der Waals surface area contributed by atoms with Crippen LogP contribution in [0.1, 0.15) is 31.1 Å². The number of primary amides is 1. The highest BCUT2D eigenvalue weighted by molar-refractivity contribution is 7.90. The fourth-order valence-electron chi connectivity index (χ4n) is 3.20. The number of rotatable bonds is 10. The molecular weight excluding hydrogens is 470 g/mol. The van der Waals surface area contributed by atoms with Crippen LogP contribution in [0.4, 0.5) is 0 Å². The van der Waals surface area contributed by atoms with E-state index in [1.54, 1.807) is 12.1 Å². The lowest BCUT2D eigenvalue weighted by atomic mass is 10.1. The third-order valence-corrected chi connectivity index (χ3v) is 6.01. The maximum absolute atomic E-state index is 12.6. The zero-order valence-corrected chi connectivity index (χ0v) is 19.0. The minimum absolute atomic E-state index is 0.00540. The highest BCUT2D eigenvalue weighted by Crippen LogP contribution is 2.38. The van der Waals surface area contributed by atoms with Crippen LogP contribution in [0.15, 0.2) is 36.4 Å². The molecule has 34 heavy (non-hydrogen) atoms. The van der Waals surface area contributed by atoms with Crippen LogP contribution in [0.25, 0.3) is 0 Å². The Morgan fingerprint density at radius 3 is 2.00 bits per heavy atom. The van der Waals surface area contributed by atoms with Crippen molar-refractivity contribution in [2.75, 3.05) is 33.1 Å². The predicted molar refractivity (Wildman–Crippen MR) is 117 cm³/mol. The summed E-state index contributed by atoms with van der Waals surface area (Å²) < 4.78 is 42.4. The molecule has 180 valence electrons. The van der Waals surface area contributed by atoms with E-state index in [1.165, 1.54) is 38.5 Å². The zero-order chi connectivity index (χ0) is 25.0. The van der Waals surface area contributed by atoms with Gasteiger partial charge in [-0.05, 0) is 24.3 Å². The summed E-state index contributed by atoms with van der Waals surface area (Å²) in [4.78, 5) is 49.2. The lowest BCUT2D eigenvalue weighted by Crippen LogP contribution is -2.39. The third kappa shape index (κ3) is 5.09. The molecular formula is C21H21N3O9S. The molecule has 13 heteroatoms. The van der Waals surface area contributed by atoms with Crippen LogP contribution < -0.4 is 24.7 Å². The minimum Gasteiger partial charge on any atom is -0.493 e. The topological polar surface area (TPSA) is 171 Å². The number of nitrogens with one attached hydrogen (secondary N) is 1. The van der Waals surface area contributed by atoms with Crippen molar-refractivity contribution in [1.29, 1.82) is 0 Å². The van der Waals surface area contributed by atoms with Gasteiger partial charge in [-0.3, -0.25) is 24.1 Å². The maximum Gasteiger partial charge on any atom is 0.265 e. The second-order valence-electron chi connectivity index (χ2n) is 7.02. The number of sulfonamides is 1. The molecule has 0 unspecified atom stereocenters. The van der Waals surface area contributed by atoms with E-state index in [0.29, 0.717) is 0 Å². The molecule has 1 heterocycles. The SMILES string of the molecule is COc1cc(C(=O)NS(=O)(=O)CCN2C(=O)c3ccccc3C2=O)cc(OC)c1OCC(N)=O. The Morgan fingerprint density at radius 2 is 1.53 bits per heavy atom. The van der Waals surface area contributed by atoms with Gasteiger partial charge in [0.25, 0.3) is 23.6 Å². The summed E-state index contributed by atoms with van der Waals surface area (Å²) in [5.74, 6) is -3.70. The Kier molecular flexibility index (Phi) is 7.05. The summed E-state index contributed by atoms with van der Waals surface area (Å²) in [7, 11) is -1.70. The first-order valence-corrected chi connectivity index (χ1v) is 11.4. The van der Waals surface area contributed by atoms with Gasteiger partial charge in [-0.15, -0.1) is 0 Å². The highest BCUT2D eigenvalue weighted by Gasteiger charge is 2.35. The van der Waals surface area contributed by atoms with E-state index < -0.39 is 52.6 Å². The lowest BCUT2D eigenvalue weighted by Gasteiger charge is -2.16. The van der Waals surface area contributed by atoms with Gasteiger partial charge in [-0.25, -0.2) is 13.1 Å². The molecule has 0 radical (unpaired) electrons. The molecule has 1 aliphatic rings. The third-order valence-electron chi connectivity index (χ3n) is 4.79. The first-order valence-electron chi connectivity index (χ1n) is 9.75. The monoisotopic (exact) mass is 491 g/mol. The highest BCUT2D eigenvalue weighted by atomic mass is 32.2. The van der Waals surface area contributed by atoms with Gasteiger partial charge in [-0.1, -0.05) is 12.1 Å². The largest absolute Gasteiger partial charge is 0.493 e. The molecule has 0 bridgehead atoms. The normalized spacial score (nSPS) is 12.8. The van der Waals surface area contributed by atoms with Gasteiger partial charge in [0.05, 0.1) is 31.1 Å².